The van der Waals surface area contributed by atoms with Crippen molar-refractivity contribution in [3.05, 3.63) is 34.3 Å². The highest BCUT2D eigenvalue weighted by Gasteiger charge is 2.38. The van der Waals surface area contributed by atoms with Gasteiger partial charge < -0.3 is 0 Å². The zero-order valence-corrected chi connectivity index (χ0v) is 7.51. The van der Waals surface area contributed by atoms with Crippen LogP contribution in [0.15, 0.2) is 28.7 Å². The predicted molar refractivity (Wildman–Crippen MR) is 46.4 cm³/mol. The van der Waals surface area contributed by atoms with Gasteiger partial charge in [0.25, 0.3) is 0 Å². The first-order chi connectivity index (χ1) is 5.27. The van der Waals surface area contributed by atoms with Gasteiger partial charge in [-0.1, -0.05) is 28.1 Å². The molecule has 2 atom stereocenters. The normalized spacial score (nSPS) is 28.5. The quantitative estimate of drug-likeness (QED) is 0.674. The van der Waals surface area contributed by atoms with E-state index in [2.05, 4.69) is 15.9 Å². The van der Waals surface area contributed by atoms with E-state index in [4.69, 9.17) is 0 Å². The third kappa shape index (κ3) is 1.45. The van der Waals surface area contributed by atoms with Gasteiger partial charge in [0, 0.05) is 10.4 Å². The van der Waals surface area contributed by atoms with E-state index >= 15 is 0 Å². The standard InChI is InChI=1S/C9H8BrF/c10-7-3-1-6(2-4-7)8-5-9(8)11/h1-4,8-9H,5H2/t8-,9?/m0/s1. The molecule has 0 N–H and O–H groups in total. The van der Waals surface area contributed by atoms with E-state index in [0.717, 1.165) is 10.0 Å². The van der Waals surface area contributed by atoms with Gasteiger partial charge in [-0.2, -0.15) is 0 Å². The highest BCUT2D eigenvalue weighted by Crippen LogP contribution is 2.43. The highest BCUT2D eigenvalue weighted by atomic mass is 79.9. The van der Waals surface area contributed by atoms with Crippen molar-refractivity contribution in [3.8, 4) is 0 Å². The molecule has 0 aromatic heterocycles. The molecule has 1 aliphatic carbocycles. The Morgan fingerprint density at radius 3 is 2.27 bits per heavy atom. The second-order valence-electron chi connectivity index (χ2n) is 2.91. The summed E-state index contributed by atoms with van der Waals surface area (Å²) in [6.07, 6.45) is 0.123. The van der Waals surface area contributed by atoms with Crippen LogP contribution in [0.25, 0.3) is 0 Å². The van der Waals surface area contributed by atoms with Gasteiger partial charge in [-0.05, 0) is 24.1 Å². The zero-order valence-electron chi connectivity index (χ0n) is 5.93. The summed E-state index contributed by atoms with van der Waals surface area (Å²) in [6.45, 7) is 0. The molecule has 0 bridgehead atoms. The van der Waals surface area contributed by atoms with Crippen molar-refractivity contribution in [1.29, 1.82) is 0 Å². The summed E-state index contributed by atoms with van der Waals surface area (Å²) in [5, 5.41) is 0. The number of benzene rings is 1. The van der Waals surface area contributed by atoms with Crippen molar-refractivity contribution in [1.82, 2.24) is 0 Å². The Hall–Kier alpha value is -0.370. The lowest BCUT2D eigenvalue weighted by Crippen LogP contribution is -1.80. The zero-order chi connectivity index (χ0) is 7.84. The van der Waals surface area contributed by atoms with E-state index in [1.165, 1.54) is 0 Å². The van der Waals surface area contributed by atoms with Crippen molar-refractivity contribution < 1.29 is 4.39 Å². The Bertz CT molecular complexity index is 255. The molecule has 0 spiro atoms. The first-order valence-electron chi connectivity index (χ1n) is 3.67. The van der Waals surface area contributed by atoms with Gasteiger partial charge in [-0.25, -0.2) is 4.39 Å². The molecule has 1 unspecified atom stereocenters. The summed E-state index contributed by atoms with van der Waals surface area (Å²) >= 11 is 3.34. The van der Waals surface area contributed by atoms with Crippen molar-refractivity contribution in [3.63, 3.8) is 0 Å². The summed E-state index contributed by atoms with van der Waals surface area (Å²) in [5.74, 6) is 0.183. The smallest absolute Gasteiger partial charge is 0.108 e. The Morgan fingerprint density at radius 2 is 1.82 bits per heavy atom. The molecule has 2 heteroatoms. The molecular weight excluding hydrogens is 207 g/mol. The monoisotopic (exact) mass is 214 g/mol. The van der Waals surface area contributed by atoms with Crippen LogP contribution in [-0.2, 0) is 0 Å². The largest absolute Gasteiger partial charge is 0.247 e. The van der Waals surface area contributed by atoms with Gasteiger partial charge in [0.2, 0.25) is 0 Å². The average molecular weight is 215 g/mol. The topological polar surface area (TPSA) is 0 Å². The highest BCUT2D eigenvalue weighted by molar-refractivity contribution is 9.10. The van der Waals surface area contributed by atoms with Crippen LogP contribution in [-0.4, -0.2) is 6.17 Å². The maximum Gasteiger partial charge on any atom is 0.108 e. The van der Waals surface area contributed by atoms with Crippen molar-refractivity contribution in [2.75, 3.05) is 0 Å². The molecule has 1 aromatic carbocycles. The fourth-order valence-corrected chi connectivity index (χ4v) is 1.48. The number of hydrogen-bond donors (Lipinski definition) is 0. The minimum absolute atomic E-state index is 0.183. The maximum absolute atomic E-state index is 12.6. The molecule has 2 rings (SSSR count). The van der Waals surface area contributed by atoms with Gasteiger partial charge in [0.1, 0.15) is 6.17 Å². The van der Waals surface area contributed by atoms with Crippen LogP contribution in [0.5, 0.6) is 0 Å². The molecule has 11 heavy (non-hydrogen) atoms. The summed E-state index contributed by atoms with van der Waals surface area (Å²) in [6, 6.07) is 7.88. The van der Waals surface area contributed by atoms with Crippen LogP contribution in [0.1, 0.15) is 17.9 Å². The third-order valence-corrected chi connectivity index (χ3v) is 2.54. The molecular formula is C9H8BrF. The Balaban J connectivity index is 2.21. The van der Waals surface area contributed by atoms with Crippen LogP contribution in [0.3, 0.4) is 0 Å². The number of rotatable bonds is 1. The lowest BCUT2D eigenvalue weighted by Gasteiger charge is -1.95. The Kier molecular flexibility index (Phi) is 1.72. The van der Waals surface area contributed by atoms with Gasteiger partial charge >= 0.3 is 0 Å². The minimum atomic E-state index is -0.587. The second-order valence-corrected chi connectivity index (χ2v) is 3.83. The molecule has 0 saturated heterocycles. The molecule has 58 valence electrons. The second kappa shape index (κ2) is 2.59. The first kappa shape index (κ1) is 7.29. The number of alkyl halides is 1. The molecule has 1 aromatic rings. The summed E-state index contributed by atoms with van der Waals surface area (Å²) in [7, 11) is 0. The number of hydrogen-bond acceptors (Lipinski definition) is 0. The van der Waals surface area contributed by atoms with Crippen molar-refractivity contribution in [2.45, 2.75) is 18.5 Å². The first-order valence-corrected chi connectivity index (χ1v) is 4.46. The number of halogens is 2. The molecule has 0 aliphatic heterocycles. The van der Waals surface area contributed by atoms with Gasteiger partial charge in [-0.15, -0.1) is 0 Å². The molecule has 0 radical (unpaired) electrons. The van der Waals surface area contributed by atoms with Crippen molar-refractivity contribution in [2.24, 2.45) is 0 Å². The fraction of sp³-hybridized carbons (Fsp3) is 0.333. The van der Waals surface area contributed by atoms with Gasteiger partial charge in [0.05, 0.1) is 0 Å². The van der Waals surface area contributed by atoms with E-state index in [1.807, 2.05) is 24.3 Å². The summed E-state index contributed by atoms with van der Waals surface area (Å²) in [5.41, 5.74) is 1.13. The molecule has 1 saturated carbocycles. The summed E-state index contributed by atoms with van der Waals surface area (Å²) < 4.78 is 13.6. The van der Waals surface area contributed by atoms with E-state index < -0.39 is 6.17 Å². The van der Waals surface area contributed by atoms with Crippen LogP contribution < -0.4 is 0 Å². The fourth-order valence-electron chi connectivity index (χ4n) is 1.22. The maximum atomic E-state index is 12.6. The lowest BCUT2D eigenvalue weighted by molar-refractivity contribution is 0.468. The van der Waals surface area contributed by atoms with E-state index in [9.17, 15) is 4.39 Å². The van der Waals surface area contributed by atoms with Gasteiger partial charge in [-0.3, -0.25) is 0 Å². The molecule has 1 fully saturated rings. The lowest BCUT2D eigenvalue weighted by atomic mass is 10.1. The Labute approximate surface area is 73.6 Å². The minimum Gasteiger partial charge on any atom is -0.247 e. The molecule has 1 aliphatic rings. The van der Waals surface area contributed by atoms with E-state index in [-0.39, 0.29) is 5.92 Å². The molecule has 0 amide bonds. The van der Waals surface area contributed by atoms with E-state index in [1.54, 1.807) is 0 Å². The van der Waals surface area contributed by atoms with Crippen LogP contribution in [0, 0.1) is 0 Å². The molecule has 0 heterocycles. The molecule has 0 nitrogen and oxygen atoms in total. The van der Waals surface area contributed by atoms with Gasteiger partial charge in [0.15, 0.2) is 0 Å². The summed E-state index contributed by atoms with van der Waals surface area (Å²) in [4.78, 5) is 0. The predicted octanol–water partition coefficient (Wildman–Crippen LogP) is 3.27. The van der Waals surface area contributed by atoms with Crippen LogP contribution in [0.2, 0.25) is 0 Å². The average Bonchev–Trinajstić information content (AvgIpc) is 2.69. The SMILES string of the molecule is FC1C[C@H]1c1ccc(Br)cc1. The van der Waals surface area contributed by atoms with Crippen LogP contribution >= 0.6 is 15.9 Å². The van der Waals surface area contributed by atoms with Crippen LogP contribution in [0.4, 0.5) is 4.39 Å². The van der Waals surface area contributed by atoms with E-state index in [0.29, 0.717) is 6.42 Å². The van der Waals surface area contributed by atoms with Crippen molar-refractivity contribution >= 4 is 15.9 Å². The Morgan fingerprint density at radius 1 is 1.27 bits per heavy atom. The third-order valence-electron chi connectivity index (χ3n) is 2.01.